The number of carbonyl (C=O) groups excluding carboxylic acids is 2. The van der Waals surface area contributed by atoms with Gasteiger partial charge in [-0.2, -0.15) is 0 Å². The lowest BCUT2D eigenvalue weighted by atomic mass is 9.77. The van der Waals surface area contributed by atoms with E-state index in [2.05, 4.69) is 0 Å². The number of thioether (sulfide) groups is 1. The Kier molecular flexibility index (Phi) is 6.63. The molecule has 1 heterocycles. The second kappa shape index (κ2) is 9.43. The first-order chi connectivity index (χ1) is 15.3. The molecule has 32 heavy (non-hydrogen) atoms. The van der Waals surface area contributed by atoms with Crippen molar-refractivity contribution in [2.45, 2.75) is 42.9 Å². The molecule has 1 atom stereocenters. The van der Waals surface area contributed by atoms with Gasteiger partial charge in [-0.1, -0.05) is 41.9 Å². The fraction of sp³-hybridized carbons (Fsp3) is 0.280. The van der Waals surface area contributed by atoms with Crippen molar-refractivity contribution in [2.24, 2.45) is 0 Å². The first-order valence-electron chi connectivity index (χ1n) is 10.3. The standard InChI is InChI=1S/C25H23ClO5S/c1-14(2)31-25(29)23-19(27)11-16-12-30-24(28)21(16)22(23)18-8-3-4-9-20(18)32-13-15-6-5-7-17(26)10-15/h3-10,14,22,27H,11-13H2,1-2H3. The minimum atomic E-state index is -0.747. The molecule has 0 bridgehead atoms. The fourth-order valence-electron chi connectivity index (χ4n) is 3.99. The van der Waals surface area contributed by atoms with E-state index in [0.717, 1.165) is 16.0 Å². The van der Waals surface area contributed by atoms with E-state index in [1.54, 1.807) is 25.6 Å². The number of ether oxygens (including phenoxy) is 2. The van der Waals surface area contributed by atoms with Crippen molar-refractivity contribution >= 4 is 35.3 Å². The van der Waals surface area contributed by atoms with Gasteiger partial charge in [0.15, 0.2) is 0 Å². The third-order valence-electron chi connectivity index (χ3n) is 5.32. The highest BCUT2D eigenvalue weighted by atomic mass is 35.5. The Morgan fingerprint density at radius 1 is 1.25 bits per heavy atom. The lowest BCUT2D eigenvalue weighted by Crippen LogP contribution is -2.26. The van der Waals surface area contributed by atoms with Crippen molar-refractivity contribution in [1.29, 1.82) is 0 Å². The molecule has 5 nitrogen and oxygen atoms in total. The second-order valence-corrected chi connectivity index (χ2v) is 9.43. The van der Waals surface area contributed by atoms with Gasteiger partial charge in [-0.3, -0.25) is 0 Å². The summed E-state index contributed by atoms with van der Waals surface area (Å²) in [6, 6.07) is 15.2. The number of hydrogen-bond acceptors (Lipinski definition) is 6. The number of hydrogen-bond donors (Lipinski definition) is 1. The van der Waals surface area contributed by atoms with Gasteiger partial charge in [0.2, 0.25) is 0 Å². The average molecular weight is 471 g/mol. The summed E-state index contributed by atoms with van der Waals surface area (Å²) in [5.74, 6) is -1.25. The quantitative estimate of drug-likeness (QED) is 0.429. The summed E-state index contributed by atoms with van der Waals surface area (Å²) in [6.45, 7) is 3.62. The van der Waals surface area contributed by atoms with Gasteiger partial charge in [-0.25, -0.2) is 9.59 Å². The average Bonchev–Trinajstić information content (AvgIpc) is 3.11. The normalized spacial score (nSPS) is 18.1. The predicted octanol–water partition coefficient (Wildman–Crippen LogP) is 5.74. The number of rotatable bonds is 6. The van der Waals surface area contributed by atoms with Crippen LogP contribution >= 0.6 is 23.4 Å². The number of aliphatic hydroxyl groups is 1. The number of allylic oxidation sites excluding steroid dienone is 1. The lowest BCUT2D eigenvalue weighted by molar-refractivity contribution is -0.143. The van der Waals surface area contributed by atoms with Crippen molar-refractivity contribution in [3.8, 4) is 0 Å². The van der Waals surface area contributed by atoms with Crippen molar-refractivity contribution in [3.63, 3.8) is 0 Å². The molecule has 1 N–H and O–H groups in total. The number of esters is 2. The van der Waals surface area contributed by atoms with Crippen LogP contribution in [0.1, 0.15) is 37.3 Å². The van der Waals surface area contributed by atoms with Crippen LogP contribution in [-0.2, 0) is 24.8 Å². The molecular weight excluding hydrogens is 448 g/mol. The minimum Gasteiger partial charge on any atom is -0.511 e. The summed E-state index contributed by atoms with van der Waals surface area (Å²) in [7, 11) is 0. The number of carbonyl (C=O) groups is 2. The van der Waals surface area contributed by atoms with Gasteiger partial charge in [0.25, 0.3) is 0 Å². The molecule has 7 heteroatoms. The monoisotopic (exact) mass is 470 g/mol. The lowest BCUT2D eigenvalue weighted by Gasteiger charge is -2.27. The highest BCUT2D eigenvalue weighted by Gasteiger charge is 2.43. The van der Waals surface area contributed by atoms with E-state index in [-0.39, 0.29) is 30.5 Å². The molecule has 1 unspecified atom stereocenters. The smallest absolute Gasteiger partial charge is 0.338 e. The van der Waals surface area contributed by atoms with Crippen LogP contribution in [0.4, 0.5) is 0 Å². The largest absolute Gasteiger partial charge is 0.511 e. The Bertz CT molecular complexity index is 1130. The van der Waals surface area contributed by atoms with Gasteiger partial charge < -0.3 is 14.6 Å². The molecule has 1 aliphatic heterocycles. The van der Waals surface area contributed by atoms with Crippen molar-refractivity contribution in [3.05, 3.63) is 87.2 Å². The maximum Gasteiger partial charge on any atom is 0.338 e. The number of aliphatic hydroxyl groups excluding tert-OH is 1. The summed E-state index contributed by atoms with van der Waals surface area (Å²) in [6.07, 6.45) is -0.250. The molecule has 2 aliphatic rings. The molecule has 0 aromatic heterocycles. The van der Waals surface area contributed by atoms with E-state index in [0.29, 0.717) is 21.9 Å². The van der Waals surface area contributed by atoms with E-state index < -0.39 is 17.9 Å². The maximum atomic E-state index is 13.0. The summed E-state index contributed by atoms with van der Waals surface area (Å²) in [5, 5.41) is 11.5. The molecule has 1 aliphatic carbocycles. The number of cyclic esters (lactones) is 1. The van der Waals surface area contributed by atoms with Crippen LogP contribution in [0.25, 0.3) is 0 Å². The Labute approximate surface area is 196 Å². The zero-order valence-electron chi connectivity index (χ0n) is 17.8. The fourth-order valence-corrected chi connectivity index (χ4v) is 5.23. The van der Waals surface area contributed by atoms with Gasteiger partial charge in [0, 0.05) is 22.1 Å². The Morgan fingerprint density at radius 2 is 2.03 bits per heavy atom. The van der Waals surface area contributed by atoms with E-state index in [1.807, 2.05) is 48.5 Å². The number of halogens is 1. The molecule has 0 amide bonds. The third-order valence-corrected chi connectivity index (χ3v) is 6.72. The summed E-state index contributed by atoms with van der Waals surface area (Å²) in [5.41, 5.74) is 3.04. The molecular formula is C25H23ClO5S. The van der Waals surface area contributed by atoms with Gasteiger partial charge in [-0.15, -0.1) is 11.8 Å². The predicted molar refractivity (Wildman–Crippen MR) is 124 cm³/mol. The van der Waals surface area contributed by atoms with Gasteiger partial charge >= 0.3 is 11.9 Å². The first-order valence-corrected chi connectivity index (χ1v) is 11.7. The highest BCUT2D eigenvalue weighted by Crippen LogP contribution is 2.47. The van der Waals surface area contributed by atoms with Gasteiger partial charge in [-0.05, 0) is 48.7 Å². The second-order valence-electron chi connectivity index (χ2n) is 7.97. The molecule has 0 radical (unpaired) electrons. The summed E-state index contributed by atoms with van der Waals surface area (Å²) >= 11 is 7.69. The Hall–Kier alpha value is -2.70. The van der Waals surface area contributed by atoms with E-state index in [9.17, 15) is 14.7 Å². The van der Waals surface area contributed by atoms with E-state index >= 15 is 0 Å². The molecule has 166 valence electrons. The molecule has 0 saturated carbocycles. The summed E-state index contributed by atoms with van der Waals surface area (Å²) in [4.78, 5) is 26.5. The molecule has 0 fully saturated rings. The van der Waals surface area contributed by atoms with Crippen LogP contribution in [0.5, 0.6) is 0 Å². The van der Waals surface area contributed by atoms with Gasteiger partial charge in [0.1, 0.15) is 12.4 Å². The zero-order chi connectivity index (χ0) is 22.8. The maximum absolute atomic E-state index is 13.0. The van der Waals surface area contributed by atoms with Crippen LogP contribution in [0.15, 0.2) is 75.9 Å². The molecule has 2 aromatic rings. The van der Waals surface area contributed by atoms with Gasteiger partial charge in [0.05, 0.1) is 23.2 Å². The molecule has 0 spiro atoms. The minimum absolute atomic E-state index is 0.0765. The van der Waals surface area contributed by atoms with E-state index in [4.69, 9.17) is 21.1 Å². The Balaban J connectivity index is 1.75. The summed E-state index contributed by atoms with van der Waals surface area (Å²) < 4.78 is 10.7. The van der Waals surface area contributed by atoms with Crippen molar-refractivity contribution < 1.29 is 24.2 Å². The first kappa shape index (κ1) is 22.5. The highest BCUT2D eigenvalue weighted by molar-refractivity contribution is 7.98. The van der Waals surface area contributed by atoms with Crippen LogP contribution in [0.2, 0.25) is 5.02 Å². The Morgan fingerprint density at radius 3 is 2.78 bits per heavy atom. The van der Waals surface area contributed by atoms with Crippen LogP contribution in [0, 0.1) is 0 Å². The van der Waals surface area contributed by atoms with Crippen LogP contribution < -0.4 is 0 Å². The van der Waals surface area contributed by atoms with Crippen LogP contribution in [0.3, 0.4) is 0 Å². The zero-order valence-corrected chi connectivity index (χ0v) is 19.3. The molecule has 0 saturated heterocycles. The SMILES string of the molecule is CC(C)OC(=O)C1=C(O)CC2=C(C(=O)OC2)C1c1ccccc1SCc1cccc(Cl)c1. The topological polar surface area (TPSA) is 72.8 Å². The van der Waals surface area contributed by atoms with Crippen LogP contribution in [-0.4, -0.2) is 29.8 Å². The molecule has 4 rings (SSSR count). The van der Waals surface area contributed by atoms with Crippen molar-refractivity contribution in [2.75, 3.05) is 6.61 Å². The van der Waals surface area contributed by atoms with E-state index in [1.165, 1.54) is 0 Å². The third kappa shape index (κ3) is 4.57. The number of benzene rings is 2. The van der Waals surface area contributed by atoms with Crippen molar-refractivity contribution in [1.82, 2.24) is 0 Å². The molecule has 2 aromatic carbocycles.